The number of benzene rings is 2. The molecule has 2 aromatic heterocycles. The maximum Gasteiger partial charge on any atom is 0.214 e. The predicted molar refractivity (Wildman–Crippen MR) is 107 cm³/mol. The molecule has 0 unspecified atom stereocenters. The van der Waals surface area contributed by atoms with Crippen molar-refractivity contribution < 1.29 is 4.74 Å². The standard InChI is InChI=1S/C18H14ClN5OS2/c19-13-6-8-16(9-7-13)25-10-17-20-14(11-26-17)12-27-18-21-22-23-24(18)15-4-2-1-3-5-15/h1-9,11H,10,12H2. The molecule has 0 spiro atoms. The molecular formula is C18H14ClN5OS2. The van der Waals surface area contributed by atoms with Crippen LogP contribution in [0.15, 0.2) is 65.1 Å². The Bertz CT molecular complexity index is 1000. The van der Waals surface area contributed by atoms with Crippen LogP contribution in [-0.2, 0) is 12.4 Å². The summed E-state index contributed by atoms with van der Waals surface area (Å²) in [5.74, 6) is 1.46. The van der Waals surface area contributed by atoms with Gasteiger partial charge in [0.2, 0.25) is 5.16 Å². The van der Waals surface area contributed by atoms with Crippen LogP contribution in [0.25, 0.3) is 5.69 Å². The van der Waals surface area contributed by atoms with Crippen LogP contribution >= 0.6 is 34.7 Å². The van der Waals surface area contributed by atoms with Crippen molar-refractivity contribution in [3.05, 3.63) is 75.7 Å². The number of halogens is 1. The average molecular weight is 416 g/mol. The molecule has 4 rings (SSSR count). The smallest absolute Gasteiger partial charge is 0.214 e. The second-order valence-electron chi connectivity index (χ2n) is 5.47. The van der Waals surface area contributed by atoms with Crippen molar-refractivity contribution >= 4 is 34.7 Å². The fraction of sp³-hybridized carbons (Fsp3) is 0.111. The molecule has 0 aliphatic carbocycles. The van der Waals surface area contributed by atoms with E-state index in [1.165, 1.54) is 0 Å². The number of hydrogen-bond donors (Lipinski definition) is 0. The van der Waals surface area contributed by atoms with Gasteiger partial charge in [-0.2, -0.15) is 4.68 Å². The van der Waals surface area contributed by atoms with Gasteiger partial charge in [0.25, 0.3) is 0 Å². The van der Waals surface area contributed by atoms with Crippen LogP contribution in [0, 0.1) is 0 Å². The molecule has 0 aliphatic heterocycles. The fourth-order valence-electron chi connectivity index (χ4n) is 2.30. The zero-order chi connectivity index (χ0) is 18.5. The molecule has 136 valence electrons. The molecule has 0 saturated carbocycles. The van der Waals surface area contributed by atoms with Crippen LogP contribution in [0.3, 0.4) is 0 Å². The molecule has 0 aliphatic rings. The molecule has 0 amide bonds. The first-order valence-electron chi connectivity index (χ1n) is 8.06. The highest BCUT2D eigenvalue weighted by molar-refractivity contribution is 7.98. The molecule has 0 N–H and O–H groups in total. The lowest BCUT2D eigenvalue weighted by atomic mass is 10.3. The summed E-state index contributed by atoms with van der Waals surface area (Å²) in [6, 6.07) is 17.1. The summed E-state index contributed by atoms with van der Waals surface area (Å²) in [7, 11) is 0. The van der Waals surface area contributed by atoms with Crippen molar-refractivity contribution in [2.45, 2.75) is 17.5 Å². The van der Waals surface area contributed by atoms with E-state index in [2.05, 4.69) is 20.5 Å². The lowest BCUT2D eigenvalue weighted by molar-refractivity contribution is 0.305. The summed E-state index contributed by atoms with van der Waals surface area (Å²) in [5.41, 5.74) is 1.91. The Hall–Kier alpha value is -2.42. The Kier molecular flexibility index (Phi) is 5.66. The molecule has 27 heavy (non-hydrogen) atoms. The lowest BCUT2D eigenvalue weighted by Gasteiger charge is -2.03. The van der Waals surface area contributed by atoms with Gasteiger partial charge in [-0.15, -0.1) is 16.4 Å². The summed E-state index contributed by atoms with van der Waals surface area (Å²) in [4.78, 5) is 4.61. The van der Waals surface area contributed by atoms with E-state index < -0.39 is 0 Å². The van der Waals surface area contributed by atoms with Gasteiger partial charge >= 0.3 is 0 Å². The molecule has 0 bridgehead atoms. The topological polar surface area (TPSA) is 65.7 Å². The summed E-state index contributed by atoms with van der Waals surface area (Å²) in [5, 5.41) is 16.3. The number of tetrazole rings is 1. The van der Waals surface area contributed by atoms with Gasteiger partial charge in [-0.25, -0.2) is 4.98 Å². The largest absolute Gasteiger partial charge is 0.486 e. The Morgan fingerprint density at radius 3 is 2.70 bits per heavy atom. The second kappa shape index (κ2) is 8.51. The van der Waals surface area contributed by atoms with Gasteiger partial charge in [0, 0.05) is 16.2 Å². The van der Waals surface area contributed by atoms with Crippen molar-refractivity contribution in [2.24, 2.45) is 0 Å². The van der Waals surface area contributed by atoms with Crippen LogP contribution in [-0.4, -0.2) is 25.2 Å². The first-order valence-corrected chi connectivity index (χ1v) is 10.3. The maximum absolute atomic E-state index is 5.88. The van der Waals surface area contributed by atoms with Gasteiger partial charge in [0.1, 0.15) is 17.4 Å². The maximum atomic E-state index is 5.88. The second-order valence-corrected chi connectivity index (χ2v) is 7.79. The molecule has 4 aromatic rings. The van der Waals surface area contributed by atoms with E-state index in [1.54, 1.807) is 39.9 Å². The summed E-state index contributed by atoms with van der Waals surface area (Å²) in [6.45, 7) is 0.429. The highest BCUT2D eigenvalue weighted by Gasteiger charge is 2.10. The van der Waals surface area contributed by atoms with E-state index in [0.29, 0.717) is 17.4 Å². The highest BCUT2D eigenvalue weighted by Crippen LogP contribution is 2.24. The van der Waals surface area contributed by atoms with Gasteiger partial charge in [-0.3, -0.25) is 0 Å². The van der Waals surface area contributed by atoms with E-state index in [4.69, 9.17) is 16.3 Å². The van der Waals surface area contributed by atoms with Crippen molar-refractivity contribution in [1.82, 2.24) is 25.2 Å². The normalized spacial score (nSPS) is 10.9. The number of thioether (sulfide) groups is 1. The van der Waals surface area contributed by atoms with Crippen molar-refractivity contribution in [2.75, 3.05) is 0 Å². The van der Waals surface area contributed by atoms with Crippen molar-refractivity contribution in [3.63, 3.8) is 0 Å². The van der Waals surface area contributed by atoms with Gasteiger partial charge in [-0.05, 0) is 46.8 Å². The molecule has 0 atom stereocenters. The number of para-hydroxylation sites is 1. The molecule has 0 radical (unpaired) electrons. The van der Waals surface area contributed by atoms with Gasteiger partial charge < -0.3 is 4.74 Å². The van der Waals surface area contributed by atoms with E-state index in [9.17, 15) is 0 Å². The average Bonchev–Trinajstić information content (AvgIpc) is 3.36. The van der Waals surface area contributed by atoms with Gasteiger partial charge in [0.05, 0.1) is 11.4 Å². The third kappa shape index (κ3) is 4.65. The molecule has 0 saturated heterocycles. The van der Waals surface area contributed by atoms with E-state index in [0.717, 1.165) is 27.3 Å². The van der Waals surface area contributed by atoms with E-state index in [1.807, 2.05) is 47.8 Å². The molecule has 9 heteroatoms. The minimum atomic E-state index is 0.429. The molecule has 2 aromatic carbocycles. The monoisotopic (exact) mass is 415 g/mol. The van der Waals surface area contributed by atoms with Crippen LogP contribution in [0.1, 0.15) is 10.7 Å². The number of thiazole rings is 1. The summed E-state index contributed by atoms with van der Waals surface area (Å²) in [6.07, 6.45) is 0. The first-order chi connectivity index (χ1) is 13.3. The first kappa shape index (κ1) is 18.0. The SMILES string of the molecule is Clc1ccc(OCc2nc(CSc3nnnn3-c3ccccc3)cs2)cc1. The third-order valence-corrected chi connectivity index (χ3v) is 5.64. The minimum Gasteiger partial charge on any atom is -0.486 e. The fourth-order valence-corrected chi connectivity index (χ4v) is 4.02. The Morgan fingerprint density at radius 1 is 1.07 bits per heavy atom. The van der Waals surface area contributed by atoms with Crippen molar-refractivity contribution in [3.8, 4) is 11.4 Å². The van der Waals surface area contributed by atoms with Gasteiger partial charge in [0.15, 0.2) is 0 Å². The minimum absolute atomic E-state index is 0.429. The molecular weight excluding hydrogens is 402 g/mol. The number of ether oxygens (including phenoxy) is 1. The number of rotatable bonds is 7. The Labute approximate surface area is 169 Å². The third-order valence-electron chi connectivity index (χ3n) is 3.57. The zero-order valence-electron chi connectivity index (χ0n) is 14.0. The summed E-state index contributed by atoms with van der Waals surface area (Å²) < 4.78 is 7.46. The van der Waals surface area contributed by atoms with Crippen LogP contribution in [0.4, 0.5) is 0 Å². The number of aromatic nitrogens is 5. The van der Waals surface area contributed by atoms with Gasteiger partial charge in [-0.1, -0.05) is 41.6 Å². The van der Waals surface area contributed by atoms with Crippen molar-refractivity contribution in [1.29, 1.82) is 0 Å². The van der Waals surface area contributed by atoms with Crippen LogP contribution < -0.4 is 4.74 Å². The zero-order valence-corrected chi connectivity index (χ0v) is 16.4. The van der Waals surface area contributed by atoms with E-state index in [-0.39, 0.29) is 0 Å². The Morgan fingerprint density at radius 2 is 1.89 bits per heavy atom. The quantitative estimate of drug-likeness (QED) is 0.409. The Balaban J connectivity index is 1.35. The highest BCUT2D eigenvalue weighted by atomic mass is 35.5. The van der Waals surface area contributed by atoms with E-state index >= 15 is 0 Å². The van der Waals surface area contributed by atoms with Crippen LogP contribution in [0.5, 0.6) is 5.75 Å². The predicted octanol–water partition coefficient (Wildman–Crippen LogP) is 4.64. The molecule has 2 heterocycles. The lowest BCUT2D eigenvalue weighted by Crippen LogP contribution is -1.99. The molecule has 6 nitrogen and oxygen atoms in total. The summed E-state index contributed by atoms with van der Waals surface area (Å²) >= 11 is 9.00. The number of nitrogens with zero attached hydrogens (tertiary/aromatic N) is 5. The van der Waals surface area contributed by atoms with Crippen LogP contribution in [0.2, 0.25) is 5.02 Å². The number of hydrogen-bond acceptors (Lipinski definition) is 7. The molecule has 0 fully saturated rings.